The number of ether oxygens (including phenoxy) is 1. The lowest BCUT2D eigenvalue weighted by Gasteiger charge is -2.27. The number of rotatable bonds is 4. The molecule has 104 valence electrons. The molecular formula is C16H22ClNO. The molecule has 0 radical (unpaired) electrons. The topological polar surface area (TPSA) is 21.3 Å². The van der Waals surface area contributed by atoms with Crippen LogP contribution >= 0.6 is 11.6 Å². The molecule has 1 saturated carbocycles. The van der Waals surface area contributed by atoms with E-state index in [0.29, 0.717) is 6.10 Å². The van der Waals surface area contributed by atoms with Crippen molar-refractivity contribution >= 4 is 11.6 Å². The van der Waals surface area contributed by atoms with Gasteiger partial charge < -0.3 is 10.1 Å². The van der Waals surface area contributed by atoms with Crippen LogP contribution in [-0.4, -0.2) is 19.2 Å². The second kappa shape index (κ2) is 6.15. The van der Waals surface area contributed by atoms with Gasteiger partial charge in [-0.25, -0.2) is 0 Å². The van der Waals surface area contributed by atoms with Crippen LogP contribution in [0.1, 0.15) is 37.7 Å². The van der Waals surface area contributed by atoms with E-state index in [-0.39, 0.29) is 0 Å². The van der Waals surface area contributed by atoms with Crippen molar-refractivity contribution in [3.05, 3.63) is 28.8 Å². The molecule has 0 aromatic heterocycles. The van der Waals surface area contributed by atoms with E-state index in [2.05, 4.69) is 17.4 Å². The van der Waals surface area contributed by atoms with E-state index in [9.17, 15) is 0 Å². The first-order valence-electron chi connectivity index (χ1n) is 7.47. The first-order chi connectivity index (χ1) is 9.31. The molecule has 2 aliphatic rings. The maximum atomic E-state index is 6.33. The van der Waals surface area contributed by atoms with Crippen LogP contribution in [0.25, 0.3) is 0 Å². The standard InChI is InChI=1S/C16H22ClNO/c17-15-10-12(9-13-3-2-8-18-11-13)6-7-16(15)19-14-4-1-5-14/h6-7,10,13-14,18H,1-5,8-9,11H2. The maximum absolute atomic E-state index is 6.33. The average molecular weight is 280 g/mol. The monoisotopic (exact) mass is 279 g/mol. The average Bonchev–Trinajstić information content (AvgIpc) is 2.37. The third-order valence-corrected chi connectivity index (χ3v) is 4.56. The SMILES string of the molecule is Clc1cc(CC2CCCNC2)ccc1OC1CCC1. The van der Waals surface area contributed by atoms with Gasteiger partial charge in [0.1, 0.15) is 5.75 Å². The predicted octanol–water partition coefficient (Wildman–Crippen LogP) is 3.81. The summed E-state index contributed by atoms with van der Waals surface area (Å²) < 4.78 is 5.88. The summed E-state index contributed by atoms with van der Waals surface area (Å²) in [4.78, 5) is 0. The van der Waals surface area contributed by atoms with Crippen molar-refractivity contribution in [1.82, 2.24) is 5.32 Å². The fraction of sp³-hybridized carbons (Fsp3) is 0.625. The van der Waals surface area contributed by atoms with Gasteiger partial charge in [0, 0.05) is 0 Å². The first kappa shape index (κ1) is 13.3. The number of halogens is 1. The Balaban J connectivity index is 1.61. The van der Waals surface area contributed by atoms with Crippen molar-refractivity contribution in [3.63, 3.8) is 0 Å². The Morgan fingerprint density at radius 1 is 1.21 bits per heavy atom. The van der Waals surface area contributed by atoms with Gasteiger partial charge in [-0.3, -0.25) is 0 Å². The molecule has 1 atom stereocenters. The van der Waals surface area contributed by atoms with Gasteiger partial charge in [-0.2, -0.15) is 0 Å². The number of hydrogen-bond acceptors (Lipinski definition) is 2. The Hall–Kier alpha value is -0.730. The zero-order valence-electron chi connectivity index (χ0n) is 11.3. The molecule has 2 nitrogen and oxygen atoms in total. The highest BCUT2D eigenvalue weighted by molar-refractivity contribution is 6.32. The van der Waals surface area contributed by atoms with Crippen molar-refractivity contribution in [1.29, 1.82) is 0 Å². The predicted molar refractivity (Wildman–Crippen MR) is 79.0 cm³/mol. The van der Waals surface area contributed by atoms with Crippen LogP contribution in [0.4, 0.5) is 0 Å². The second-order valence-electron chi connectivity index (χ2n) is 5.85. The van der Waals surface area contributed by atoms with Gasteiger partial charge in [0.15, 0.2) is 0 Å². The van der Waals surface area contributed by atoms with Crippen LogP contribution in [0.5, 0.6) is 5.75 Å². The Bertz CT molecular complexity index is 425. The highest BCUT2D eigenvalue weighted by Gasteiger charge is 2.20. The van der Waals surface area contributed by atoms with Gasteiger partial charge in [-0.05, 0) is 75.2 Å². The normalized spacial score (nSPS) is 23.9. The summed E-state index contributed by atoms with van der Waals surface area (Å²) in [5.74, 6) is 1.61. The van der Waals surface area contributed by atoms with E-state index in [1.54, 1.807) is 0 Å². The quantitative estimate of drug-likeness (QED) is 0.905. The maximum Gasteiger partial charge on any atom is 0.138 e. The van der Waals surface area contributed by atoms with Crippen LogP contribution in [-0.2, 0) is 6.42 Å². The molecule has 2 fully saturated rings. The molecule has 1 aromatic rings. The summed E-state index contributed by atoms with van der Waals surface area (Å²) in [6.45, 7) is 2.31. The number of nitrogens with one attached hydrogen (secondary N) is 1. The second-order valence-corrected chi connectivity index (χ2v) is 6.26. The minimum atomic E-state index is 0.394. The fourth-order valence-electron chi connectivity index (χ4n) is 2.87. The van der Waals surface area contributed by atoms with Gasteiger partial charge in [0.25, 0.3) is 0 Å². The Morgan fingerprint density at radius 3 is 2.74 bits per heavy atom. The fourth-order valence-corrected chi connectivity index (χ4v) is 3.11. The van der Waals surface area contributed by atoms with E-state index in [0.717, 1.165) is 29.7 Å². The summed E-state index contributed by atoms with van der Waals surface area (Å²) in [5.41, 5.74) is 1.33. The molecule has 1 N–H and O–H groups in total. The Morgan fingerprint density at radius 2 is 2.11 bits per heavy atom. The van der Waals surface area contributed by atoms with Crippen LogP contribution in [0.15, 0.2) is 18.2 Å². The Kier molecular flexibility index (Phi) is 4.29. The molecule has 1 aliphatic heterocycles. The smallest absolute Gasteiger partial charge is 0.138 e. The molecule has 1 aromatic carbocycles. The van der Waals surface area contributed by atoms with Gasteiger partial charge in [0.2, 0.25) is 0 Å². The third kappa shape index (κ3) is 3.43. The third-order valence-electron chi connectivity index (χ3n) is 4.27. The van der Waals surface area contributed by atoms with Gasteiger partial charge >= 0.3 is 0 Å². The summed E-state index contributed by atoms with van der Waals surface area (Å²) in [6.07, 6.45) is 7.76. The van der Waals surface area contributed by atoms with E-state index in [4.69, 9.17) is 16.3 Å². The molecule has 1 unspecified atom stereocenters. The van der Waals surface area contributed by atoms with E-state index >= 15 is 0 Å². The zero-order chi connectivity index (χ0) is 13.1. The molecule has 19 heavy (non-hydrogen) atoms. The van der Waals surface area contributed by atoms with Crippen molar-refractivity contribution in [3.8, 4) is 5.75 Å². The number of hydrogen-bond donors (Lipinski definition) is 1. The molecule has 3 rings (SSSR count). The summed E-state index contributed by atoms with van der Waals surface area (Å²) in [5, 5.41) is 4.24. The molecule has 1 aliphatic carbocycles. The van der Waals surface area contributed by atoms with E-state index < -0.39 is 0 Å². The molecule has 1 saturated heterocycles. The number of piperidine rings is 1. The lowest BCUT2D eigenvalue weighted by molar-refractivity contribution is 0.120. The van der Waals surface area contributed by atoms with Crippen LogP contribution in [0.3, 0.4) is 0 Å². The van der Waals surface area contributed by atoms with Crippen molar-refractivity contribution < 1.29 is 4.74 Å². The largest absolute Gasteiger partial charge is 0.489 e. The molecule has 3 heteroatoms. The van der Waals surface area contributed by atoms with Gasteiger partial charge in [0.05, 0.1) is 11.1 Å². The summed E-state index contributed by atoms with van der Waals surface area (Å²) in [7, 11) is 0. The molecule has 1 heterocycles. The number of benzene rings is 1. The summed E-state index contributed by atoms with van der Waals surface area (Å²) in [6, 6.07) is 6.31. The molecule has 0 bridgehead atoms. The minimum Gasteiger partial charge on any atom is -0.489 e. The lowest BCUT2D eigenvalue weighted by Crippen LogP contribution is -2.30. The van der Waals surface area contributed by atoms with Crippen LogP contribution < -0.4 is 10.1 Å². The van der Waals surface area contributed by atoms with E-state index in [1.165, 1.54) is 44.2 Å². The zero-order valence-corrected chi connectivity index (χ0v) is 12.1. The molecule has 0 spiro atoms. The van der Waals surface area contributed by atoms with Crippen molar-refractivity contribution in [2.24, 2.45) is 5.92 Å². The van der Waals surface area contributed by atoms with Gasteiger partial charge in [-0.15, -0.1) is 0 Å². The van der Waals surface area contributed by atoms with Gasteiger partial charge in [-0.1, -0.05) is 17.7 Å². The molecular weight excluding hydrogens is 258 g/mol. The summed E-state index contributed by atoms with van der Waals surface area (Å²) >= 11 is 6.33. The Labute approximate surface area is 120 Å². The van der Waals surface area contributed by atoms with Crippen LogP contribution in [0, 0.1) is 5.92 Å². The molecule has 0 amide bonds. The first-order valence-corrected chi connectivity index (χ1v) is 7.85. The minimum absolute atomic E-state index is 0.394. The van der Waals surface area contributed by atoms with Crippen molar-refractivity contribution in [2.75, 3.05) is 13.1 Å². The lowest BCUT2D eigenvalue weighted by atomic mass is 9.92. The van der Waals surface area contributed by atoms with E-state index in [1.807, 2.05) is 6.07 Å². The highest BCUT2D eigenvalue weighted by atomic mass is 35.5. The van der Waals surface area contributed by atoms with Crippen molar-refractivity contribution in [2.45, 2.75) is 44.6 Å². The van der Waals surface area contributed by atoms with Crippen LogP contribution in [0.2, 0.25) is 5.02 Å². The highest BCUT2D eigenvalue weighted by Crippen LogP contribution is 2.32.